The standard InChI is InChI=1S/C26H21N3O3/c1-28-22-10-6-5-9-19(22)25(30)29-14-13-18-20-15-17(11-12-21(20)27-23(18)24(28)29)32-26(31)16-7-3-2-4-8-16/h2-12,15,24,27H,13-14H2,1H3/t24-/m0/s1. The number of aromatic amines is 1. The number of ether oxygens (including phenoxy) is 1. The predicted molar refractivity (Wildman–Crippen MR) is 122 cm³/mol. The Morgan fingerprint density at radius 3 is 2.66 bits per heavy atom. The summed E-state index contributed by atoms with van der Waals surface area (Å²) in [6.07, 6.45) is 0.549. The number of H-pyrrole nitrogens is 1. The molecule has 0 fully saturated rings. The number of para-hydroxylation sites is 1. The number of rotatable bonds is 2. The number of hydrogen-bond acceptors (Lipinski definition) is 4. The topological polar surface area (TPSA) is 65.6 Å². The Hall–Kier alpha value is -4.06. The molecule has 32 heavy (non-hydrogen) atoms. The molecule has 0 aliphatic carbocycles. The fourth-order valence-corrected chi connectivity index (χ4v) is 4.92. The molecule has 6 heteroatoms. The van der Waals surface area contributed by atoms with Gasteiger partial charge in [-0.25, -0.2) is 4.79 Å². The second-order valence-corrected chi connectivity index (χ2v) is 8.23. The Balaban J connectivity index is 1.39. The molecule has 3 heterocycles. The maximum absolute atomic E-state index is 13.2. The van der Waals surface area contributed by atoms with E-state index in [0.29, 0.717) is 17.9 Å². The van der Waals surface area contributed by atoms with Crippen LogP contribution in [0.1, 0.15) is 38.1 Å². The number of anilines is 1. The first kappa shape index (κ1) is 18.7. The molecule has 1 amide bonds. The molecule has 6 nitrogen and oxygen atoms in total. The average molecular weight is 423 g/mol. The summed E-state index contributed by atoms with van der Waals surface area (Å²) in [4.78, 5) is 33.3. The molecule has 0 bridgehead atoms. The average Bonchev–Trinajstić information content (AvgIpc) is 3.20. The van der Waals surface area contributed by atoms with Crippen LogP contribution in [-0.2, 0) is 6.42 Å². The molecule has 1 aromatic heterocycles. The smallest absolute Gasteiger partial charge is 0.343 e. The first-order chi connectivity index (χ1) is 15.6. The van der Waals surface area contributed by atoms with Crippen LogP contribution in [0.4, 0.5) is 5.69 Å². The predicted octanol–water partition coefficient (Wildman–Crippen LogP) is 4.53. The summed E-state index contributed by atoms with van der Waals surface area (Å²) in [6.45, 7) is 0.635. The van der Waals surface area contributed by atoms with Crippen LogP contribution in [0.5, 0.6) is 5.75 Å². The molecule has 4 aromatic rings. The summed E-state index contributed by atoms with van der Waals surface area (Å²) in [5, 5.41) is 1.03. The lowest BCUT2D eigenvalue weighted by Gasteiger charge is -2.46. The molecule has 2 aliphatic rings. The highest BCUT2D eigenvalue weighted by molar-refractivity contribution is 6.02. The zero-order chi connectivity index (χ0) is 21.8. The first-order valence-electron chi connectivity index (χ1n) is 10.7. The van der Waals surface area contributed by atoms with Crippen LogP contribution in [0.15, 0.2) is 72.8 Å². The Kier molecular flexibility index (Phi) is 4.08. The third kappa shape index (κ3) is 2.73. The number of esters is 1. The van der Waals surface area contributed by atoms with E-state index in [4.69, 9.17) is 4.74 Å². The Morgan fingerprint density at radius 2 is 1.81 bits per heavy atom. The Labute approximate surface area is 185 Å². The highest BCUT2D eigenvalue weighted by Crippen LogP contribution is 2.43. The van der Waals surface area contributed by atoms with E-state index >= 15 is 0 Å². The van der Waals surface area contributed by atoms with E-state index in [2.05, 4.69) is 9.88 Å². The van der Waals surface area contributed by atoms with E-state index in [1.165, 1.54) is 0 Å². The fraction of sp³-hybridized carbons (Fsp3) is 0.154. The summed E-state index contributed by atoms with van der Waals surface area (Å²) in [5.41, 5.74) is 5.33. The van der Waals surface area contributed by atoms with Gasteiger partial charge in [-0.2, -0.15) is 0 Å². The molecule has 0 radical (unpaired) electrons. The van der Waals surface area contributed by atoms with Crippen molar-refractivity contribution in [1.29, 1.82) is 0 Å². The van der Waals surface area contributed by atoms with Crippen LogP contribution in [0, 0.1) is 0 Å². The van der Waals surface area contributed by atoms with Gasteiger partial charge >= 0.3 is 5.97 Å². The van der Waals surface area contributed by atoms with Gasteiger partial charge in [0.05, 0.1) is 22.5 Å². The van der Waals surface area contributed by atoms with Crippen LogP contribution < -0.4 is 9.64 Å². The van der Waals surface area contributed by atoms with Gasteiger partial charge in [-0.3, -0.25) is 4.79 Å². The van der Waals surface area contributed by atoms with E-state index in [9.17, 15) is 9.59 Å². The molecule has 6 rings (SSSR count). The molecular formula is C26H21N3O3. The fourth-order valence-electron chi connectivity index (χ4n) is 4.92. The van der Waals surface area contributed by atoms with E-state index in [1.54, 1.807) is 18.2 Å². The largest absolute Gasteiger partial charge is 0.423 e. The molecule has 0 unspecified atom stereocenters. The van der Waals surface area contributed by atoms with Crippen LogP contribution >= 0.6 is 0 Å². The first-order valence-corrected chi connectivity index (χ1v) is 10.7. The third-order valence-corrected chi connectivity index (χ3v) is 6.43. The van der Waals surface area contributed by atoms with Crippen molar-refractivity contribution in [3.8, 4) is 5.75 Å². The van der Waals surface area contributed by atoms with Gasteiger partial charge in [0.2, 0.25) is 0 Å². The number of aromatic nitrogens is 1. The zero-order valence-electron chi connectivity index (χ0n) is 17.5. The van der Waals surface area contributed by atoms with Gasteiger partial charge in [0.15, 0.2) is 0 Å². The SMILES string of the molecule is CN1c2ccccc2C(=O)N2CCc3c([nH]c4ccc(OC(=O)c5ccccc5)cc34)[C@H]21. The van der Waals surface area contributed by atoms with Crippen molar-refractivity contribution >= 4 is 28.5 Å². The van der Waals surface area contributed by atoms with Gasteiger partial charge < -0.3 is 19.5 Å². The summed E-state index contributed by atoms with van der Waals surface area (Å²) in [5.74, 6) is 0.189. The lowest BCUT2D eigenvalue weighted by atomic mass is 9.96. The summed E-state index contributed by atoms with van der Waals surface area (Å²) in [6, 6.07) is 22.4. The Morgan fingerprint density at radius 1 is 1.03 bits per heavy atom. The third-order valence-electron chi connectivity index (χ3n) is 6.43. The molecule has 0 spiro atoms. The monoisotopic (exact) mass is 423 g/mol. The molecule has 1 N–H and O–H groups in total. The van der Waals surface area contributed by atoms with Crippen molar-refractivity contribution in [3.05, 3.63) is 95.2 Å². The highest BCUT2D eigenvalue weighted by Gasteiger charge is 2.41. The number of amides is 1. The van der Waals surface area contributed by atoms with E-state index < -0.39 is 0 Å². The lowest BCUT2D eigenvalue weighted by Crippen LogP contribution is -2.51. The van der Waals surface area contributed by atoms with Gasteiger partial charge in [-0.05, 0) is 54.4 Å². The van der Waals surface area contributed by atoms with Crippen LogP contribution in [0.3, 0.4) is 0 Å². The number of hydrogen-bond donors (Lipinski definition) is 1. The molecular weight excluding hydrogens is 402 g/mol. The number of benzene rings is 3. The second-order valence-electron chi connectivity index (χ2n) is 8.23. The van der Waals surface area contributed by atoms with Crippen LogP contribution in [0.2, 0.25) is 0 Å². The van der Waals surface area contributed by atoms with E-state index in [-0.39, 0.29) is 18.0 Å². The minimum atomic E-state index is -0.380. The molecule has 2 aliphatic heterocycles. The number of carbonyl (C=O) groups excluding carboxylic acids is 2. The summed E-state index contributed by atoms with van der Waals surface area (Å²) >= 11 is 0. The van der Waals surface area contributed by atoms with Crippen molar-refractivity contribution in [2.45, 2.75) is 12.6 Å². The van der Waals surface area contributed by atoms with Crippen molar-refractivity contribution in [2.75, 3.05) is 18.5 Å². The van der Waals surface area contributed by atoms with Gasteiger partial charge in [-0.1, -0.05) is 30.3 Å². The number of fused-ring (bicyclic) bond motifs is 6. The molecule has 1 atom stereocenters. The minimum Gasteiger partial charge on any atom is -0.423 e. The summed E-state index contributed by atoms with van der Waals surface area (Å²) < 4.78 is 5.63. The van der Waals surface area contributed by atoms with E-state index in [1.807, 2.05) is 66.5 Å². The quantitative estimate of drug-likeness (QED) is 0.380. The summed E-state index contributed by atoms with van der Waals surface area (Å²) in [7, 11) is 2.02. The molecule has 0 saturated heterocycles. The van der Waals surface area contributed by atoms with Crippen molar-refractivity contribution in [1.82, 2.24) is 9.88 Å². The van der Waals surface area contributed by atoms with E-state index in [0.717, 1.165) is 39.8 Å². The highest BCUT2D eigenvalue weighted by atomic mass is 16.5. The number of nitrogens with one attached hydrogen (secondary N) is 1. The molecule has 3 aromatic carbocycles. The lowest BCUT2D eigenvalue weighted by molar-refractivity contribution is 0.0634. The molecule has 0 saturated carbocycles. The van der Waals surface area contributed by atoms with Crippen molar-refractivity contribution in [2.24, 2.45) is 0 Å². The van der Waals surface area contributed by atoms with Crippen molar-refractivity contribution < 1.29 is 14.3 Å². The number of carbonyl (C=O) groups is 2. The van der Waals surface area contributed by atoms with Crippen molar-refractivity contribution in [3.63, 3.8) is 0 Å². The van der Waals surface area contributed by atoms with Crippen LogP contribution in [-0.4, -0.2) is 35.4 Å². The maximum atomic E-state index is 13.2. The van der Waals surface area contributed by atoms with Gasteiger partial charge in [0, 0.05) is 24.5 Å². The zero-order valence-corrected chi connectivity index (χ0v) is 17.5. The van der Waals surface area contributed by atoms with Gasteiger partial charge in [0.25, 0.3) is 5.91 Å². The maximum Gasteiger partial charge on any atom is 0.343 e. The van der Waals surface area contributed by atoms with Crippen LogP contribution in [0.25, 0.3) is 10.9 Å². The Bertz CT molecular complexity index is 1380. The molecule has 158 valence electrons. The normalized spacial score (nSPS) is 17.0. The number of nitrogens with zero attached hydrogens (tertiary/aromatic N) is 2. The second kappa shape index (κ2) is 6.99. The van der Waals surface area contributed by atoms with Gasteiger partial charge in [0.1, 0.15) is 11.9 Å². The minimum absolute atomic E-state index is 0.0606. The van der Waals surface area contributed by atoms with Gasteiger partial charge in [-0.15, -0.1) is 0 Å².